The van der Waals surface area contributed by atoms with Gasteiger partial charge in [0.15, 0.2) is 6.10 Å². The summed E-state index contributed by atoms with van der Waals surface area (Å²) in [4.78, 5) is 26.6. The maximum Gasteiger partial charge on any atom is 0.311 e. The molecule has 1 aliphatic rings. The molecule has 1 aliphatic heterocycles. The first-order valence-electron chi connectivity index (χ1n) is 9.50. The van der Waals surface area contributed by atoms with Crippen molar-refractivity contribution in [3.63, 3.8) is 0 Å². The Balaban J connectivity index is 1.61. The molecule has 27 heavy (non-hydrogen) atoms. The zero-order valence-corrected chi connectivity index (χ0v) is 16.4. The number of carbonyl (C=O) groups is 2. The topological polar surface area (TPSA) is 69.0 Å². The molecule has 0 bridgehead atoms. The second-order valence-corrected chi connectivity index (χ2v) is 7.25. The van der Waals surface area contributed by atoms with E-state index in [9.17, 15) is 9.59 Å². The minimum atomic E-state index is -0.820. The third-order valence-corrected chi connectivity index (χ3v) is 4.85. The van der Waals surface area contributed by atoms with E-state index < -0.39 is 12.1 Å². The summed E-state index contributed by atoms with van der Waals surface area (Å²) in [7, 11) is 0. The van der Waals surface area contributed by atoms with Crippen molar-refractivity contribution in [2.45, 2.75) is 58.8 Å². The number of furan rings is 1. The molecule has 0 aliphatic carbocycles. The minimum absolute atomic E-state index is 0.0223. The average molecular weight is 373 g/mol. The van der Waals surface area contributed by atoms with Crippen LogP contribution in [-0.4, -0.2) is 48.2 Å². The van der Waals surface area contributed by atoms with Crippen LogP contribution in [0.25, 0.3) is 11.0 Å². The molecule has 1 saturated heterocycles. The van der Waals surface area contributed by atoms with Gasteiger partial charge in [-0.1, -0.05) is 19.1 Å². The van der Waals surface area contributed by atoms with E-state index in [1.165, 1.54) is 5.56 Å². The van der Waals surface area contributed by atoms with Gasteiger partial charge in [0.25, 0.3) is 5.91 Å². The van der Waals surface area contributed by atoms with Crippen LogP contribution in [-0.2, 0) is 31.9 Å². The minimum Gasteiger partial charge on any atom is -0.464 e. The Labute approximate surface area is 159 Å². The molecule has 1 aromatic heterocycles. The smallest absolute Gasteiger partial charge is 0.311 e. The van der Waals surface area contributed by atoms with Gasteiger partial charge in [-0.3, -0.25) is 9.59 Å². The van der Waals surface area contributed by atoms with Gasteiger partial charge < -0.3 is 18.8 Å². The lowest BCUT2D eigenvalue weighted by Crippen LogP contribution is -2.51. The Bertz CT molecular complexity index is 817. The van der Waals surface area contributed by atoms with Gasteiger partial charge in [0, 0.05) is 24.0 Å². The van der Waals surface area contributed by atoms with E-state index >= 15 is 0 Å². The molecule has 0 spiro atoms. The molecule has 6 nitrogen and oxygen atoms in total. The number of aryl methyl sites for hydroxylation is 1. The molecule has 1 amide bonds. The molecule has 3 atom stereocenters. The van der Waals surface area contributed by atoms with Gasteiger partial charge in [0.2, 0.25) is 0 Å². The van der Waals surface area contributed by atoms with E-state index in [0.717, 1.165) is 23.0 Å². The lowest BCUT2D eigenvalue weighted by Gasteiger charge is -2.36. The van der Waals surface area contributed by atoms with Crippen LogP contribution in [0.2, 0.25) is 0 Å². The van der Waals surface area contributed by atoms with Gasteiger partial charge in [-0.15, -0.1) is 0 Å². The predicted molar refractivity (Wildman–Crippen MR) is 101 cm³/mol. The molecule has 2 heterocycles. The highest BCUT2D eigenvalue weighted by molar-refractivity contribution is 5.88. The number of carbonyl (C=O) groups excluding carboxylic acids is 2. The number of rotatable bonds is 5. The normalized spacial score (nSPS) is 21.3. The first-order chi connectivity index (χ1) is 12.9. The Morgan fingerprint density at radius 1 is 1.26 bits per heavy atom. The largest absolute Gasteiger partial charge is 0.464 e. The van der Waals surface area contributed by atoms with E-state index in [2.05, 4.69) is 6.92 Å². The van der Waals surface area contributed by atoms with Crippen molar-refractivity contribution >= 4 is 22.8 Å². The lowest BCUT2D eigenvalue weighted by atomic mass is 10.1. The zero-order valence-electron chi connectivity index (χ0n) is 16.4. The molecule has 0 saturated carbocycles. The summed E-state index contributed by atoms with van der Waals surface area (Å²) in [5, 5.41) is 0.902. The van der Waals surface area contributed by atoms with E-state index in [4.69, 9.17) is 13.9 Å². The number of morpholine rings is 1. The number of hydrogen-bond donors (Lipinski definition) is 0. The van der Waals surface area contributed by atoms with Crippen LogP contribution in [0.5, 0.6) is 0 Å². The number of esters is 1. The second kappa shape index (κ2) is 8.13. The fourth-order valence-corrected chi connectivity index (χ4v) is 3.54. The first-order valence-corrected chi connectivity index (χ1v) is 9.50. The molecule has 1 aromatic carbocycles. The van der Waals surface area contributed by atoms with Crippen LogP contribution >= 0.6 is 0 Å². The number of nitrogens with zero attached hydrogens (tertiary/aromatic N) is 1. The maximum atomic E-state index is 12.6. The van der Waals surface area contributed by atoms with Crippen molar-refractivity contribution < 1.29 is 23.5 Å². The van der Waals surface area contributed by atoms with E-state index in [0.29, 0.717) is 13.1 Å². The van der Waals surface area contributed by atoms with E-state index in [-0.39, 0.29) is 24.5 Å². The van der Waals surface area contributed by atoms with Crippen molar-refractivity contribution in [1.82, 2.24) is 4.90 Å². The van der Waals surface area contributed by atoms with Crippen LogP contribution in [0.3, 0.4) is 0 Å². The monoisotopic (exact) mass is 373 g/mol. The summed E-state index contributed by atoms with van der Waals surface area (Å²) in [6.45, 7) is 8.58. The highest BCUT2D eigenvalue weighted by Gasteiger charge is 2.30. The summed E-state index contributed by atoms with van der Waals surface area (Å²) >= 11 is 0. The first kappa shape index (κ1) is 19.4. The Morgan fingerprint density at radius 2 is 1.96 bits per heavy atom. The van der Waals surface area contributed by atoms with Crippen molar-refractivity contribution in [1.29, 1.82) is 0 Å². The van der Waals surface area contributed by atoms with Crippen LogP contribution in [0.15, 0.2) is 28.9 Å². The zero-order chi connectivity index (χ0) is 19.6. The molecule has 0 unspecified atom stereocenters. The van der Waals surface area contributed by atoms with Gasteiger partial charge in [-0.25, -0.2) is 0 Å². The van der Waals surface area contributed by atoms with Crippen molar-refractivity contribution in [3.05, 3.63) is 35.6 Å². The predicted octanol–water partition coefficient (Wildman–Crippen LogP) is 3.11. The third-order valence-electron chi connectivity index (χ3n) is 4.85. The summed E-state index contributed by atoms with van der Waals surface area (Å²) < 4.78 is 16.6. The van der Waals surface area contributed by atoms with Crippen molar-refractivity contribution in [2.75, 3.05) is 13.1 Å². The van der Waals surface area contributed by atoms with Crippen LogP contribution in [0.1, 0.15) is 38.8 Å². The van der Waals surface area contributed by atoms with E-state index in [1.54, 1.807) is 18.1 Å². The molecule has 0 N–H and O–H groups in total. The fraction of sp³-hybridized carbons (Fsp3) is 0.524. The van der Waals surface area contributed by atoms with Gasteiger partial charge in [-0.05, 0) is 38.8 Å². The van der Waals surface area contributed by atoms with Gasteiger partial charge >= 0.3 is 5.97 Å². The third kappa shape index (κ3) is 4.50. The Hall–Kier alpha value is -2.34. The van der Waals surface area contributed by atoms with Crippen molar-refractivity contribution in [3.8, 4) is 0 Å². The Morgan fingerprint density at radius 3 is 2.63 bits per heavy atom. The highest BCUT2D eigenvalue weighted by Crippen LogP contribution is 2.23. The number of benzene rings is 1. The van der Waals surface area contributed by atoms with Crippen molar-refractivity contribution in [2.24, 2.45) is 0 Å². The standard InChI is InChI=1S/C21H27NO5/c1-5-16-6-7-18-17(12-25-19(18)8-16)9-20(23)27-15(4)21(24)22-10-13(2)26-14(3)11-22/h6-8,12-15H,5,9-11H2,1-4H3/t13-,14+,15-/m1/s1. The lowest BCUT2D eigenvalue weighted by molar-refractivity contribution is -0.164. The molecule has 0 radical (unpaired) electrons. The molecule has 1 fully saturated rings. The summed E-state index contributed by atoms with van der Waals surface area (Å²) in [6.07, 6.45) is 1.72. The second-order valence-electron chi connectivity index (χ2n) is 7.25. The molecule has 2 aromatic rings. The van der Waals surface area contributed by atoms with E-state index in [1.807, 2.05) is 32.0 Å². The fourth-order valence-electron chi connectivity index (χ4n) is 3.54. The highest BCUT2D eigenvalue weighted by atomic mass is 16.5. The Kier molecular flexibility index (Phi) is 5.85. The summed E-state index contributed by atoms with van der Waals surface area (Å²) in [6, 6.07) is 5.97. The molecule has 146 valence electrons. The summed E-state index contributed by atoms with van der Waals surface area (Å²) in [5.74, 6) is -0.623. The van der Waals surface area contributed by atoms with Gasteiger partial charge in [-0.2, -0.15) is 0 Å². The summed E-state index contributed by atoms with van der Waals surface area (Å²) in [5.41, 5.74) is 2.71. The molecular weight excluding hydrogens is 346 g/mol. The average Bonchev–Trinajstić information content (AvgIpc) is 3.01. The number of ether oxygens (including phenoxy) is 2. The number of amides is 1. The van der Waals surface area contributed by atoms with Crippen LogP contribution in [0.4, 0.5) is 0 Å². The SMILES string of the molecule is CCc1ccc2c(CC(=O)O[C@H](C)C(=O)N3C[C@@H](C)O[C@@H](C)C3)coc2c1. The van der Waals surface area contributed by atoms with Crippen LogP contribution in [0, 0.1) is 0 Å². The molecule has 3 rings (SSSR count). The molecular formula is C21H27NO5. The number of hydrogen-bond acceptors (Lipinski definition) is 5. The number of fused-ring (bicyclic) bond motifs is 1. The van der Waals surface area contributed by atoms with Gasteiger partial charge in [0.05, 0.1) is 24.9 Å². The van der Waals surface area contributed by atoms with Crippen LogP contribution < -0.4 is 0 Å². The molecule has 6 heteroatoms. The maximum absolute atomic E-state index is 12.6. The van der Waals surface area contributed by atoms with Gasteiger partial charge in [0.1, 0.15) is 5.58 Å². The quantitative estimate of drug-likeness (QED) is 0.753.